The Morgan fingerprint density at radius 2 is 1.72 bits per heavy atom. The van der Waals surface area contributed by atoms with Crippen LogP contribution in [-0.4, -0.2) is 25.0 Å². The fourth-order valence-corrected chi connectivity index (χ4v) is 1.44. The van der Waals surface area contributed by atoms with Gasteiger partial charge >= 0.3 is 5.97 Å². The highest BCUT2D eigenvalue weighted by atomic mass is 16.5. The van der Waals surface area contributed by atoms with Gasteiger partial charge in [0.25, 0.3) is 5.91 Å². The molecule has 0 aromatic rings. The molecule has 0 unspecified atom stereocenters. The van der Waals surface area contributed by atoms with E-state index in [1.54, 1.807) is 6.92 Å². The Morgan fingerprint density at radius 3 is 2.33 bits per heavy atom. The van der Waals surface area contributed by atoms with Gasteiger partial charge in [0.1, 0.15) is 0 Å². The number of unbranched alkanes of at least 4 members (excludes halogenated alkanes) is 5. The first-order valence-electron chi connectivity index (χ1n) is 6.67. The number of esters is 1. The van der Waals surface area contributed by atoms with Crippen LogP contribution in [-0.2, 0) is 14.3 Å². The SMILES string of the molecule is C=C(C)C(=O)OCC(=O)NCCCCCCCC. The predicted octanol–water partition coefficient (Wildman–Crippen LogP) is 2.58. The maximum absolute atomic E-state index is 11.3. The van der Waals surface area contributed by atoms with E-state index in [0.29, 0.717) is 12.1 Å². The first-order chi connectivity index (χ1) is 8.57. The monoisotopic (exact) mass is 255 g/mol. The van der Waals surface area contributed by atoms with Gasteiger partial charge in [0.2, 0.25) is 0 Å². The van der Waals surface area contributed by atoms with Gasteiger partial charge in [0.05, 0.1) is 0 Å². The molecule has 0 radical (unpaired) electrons. The largest absolute Gasteiger partial charge is 0.452 e. The van der Waals surface area contributed by atoms with Crippen LogP contribution in [0.4, 0.5) is 0 Å². The van der Waals surface area contributed by atoms with Crippen LogP contribution in [0.2, 0.25) is 0 Å². The van der Waals surface area contributed by atoms with E-state index < -0.39 is 5.97 Å². The molecule has 0 aromatic carbocycles. The summed E-state index contributed by atoms with van der Waals surface area (Å²) in [6.45, 7) is 7.60. The summed E-state index contributed by atoms with van der Waals surface area (Å²) in [7, 11) is 0. The fraction of sp³-hybridized carbons (Fsp3) is 0.714. The zero-order chi connectivity index (χ0) is 13.8. The molecule has 0 aliphatic rings. The molecule has 0 aromatic heterocycles. The second-order valence-corrected chi connectivity index (χ2v) is 4.47. The summed E-state index contributed by atoms with van der Waals surface area (Å²) in [5.41, 5.74) is 0.304. The van der Waals surface area contributed by atoms with Crippen LogP contribution < -0.4 is 5.32 Å². The van der Waals surface area contributed by atoms with E-state index in [9.17, 15) is 9.59 Å². The molecule has 0 spiro atoms. The number of nitrogens with one attached hydrogen (secondary N) is 1. The number of ether oxygens (including phenoxy) is 1. The van der Waals surface area contributed by atoms with E-state index >= 15 is 0 Å². The molecule has 0 rings (SSSR count). The van der Waals surface area contributed by atoms with Gasteiger partial charge in [-0.05, 0) is 13.3 Å². The summed E-state index contributed by atoms with van der Waals surface area (Å²) in [4.78, 5) is 22.3. The molecule has 1 N–H and O–H groups in total. The van der Waals surface area contributed by atoms with Gasteiger partial charge in [-0.2, -0.15) is 0 Å². The van der Waals surface area contributed by atoms with E-state index in [0.717, 1.165) is 12.8 Å². The average molecular weight is 255 g/mol. The molecule has 1 amide bonds. The van der Waals surface area contributed by atoms with Gasteiger partial charge in [-0.1, -0.05) is 45.6 Å². The smallest absolute Gasteiger partial charge is 0.333 e. The lowest BCUT2D eigenvalue weighted by molar-refractivity contribution is -0.144. The Balaban J connectivity index is 3.37. The summed E-state index contributed by atoms with van der Waals surface area (Å²) in [6.07, 6.45) is 7.11. The predicted molar refractivity (Wildman–Crippen MR) is 72.2 cm³/mol. The zero-order valence-electron chi connectivity index (χ0n) is 11.6. The fourth-order valence-electron chi connectivity index (χ4n) is 1.44. The molecule has 0 bridgehead atoms. The van der Waals surface area contributed by atoms with Crippen molar-refractivity contribution in [2.75, 3.05) is 13.2 Å². The normalized spacial score (nSPS) is 9.89. The summed E-state index contributed by atoms with van der Waals surface area (Å²) < 4.78 is 4.72. The van der Waals surface area contributed by atoms with Crippen molar-refractivity contribution in [3.63, 3.8) is 0 Å². The van der Waals surface area contributed by atoms with E-state index in [1.165, 1.54) is 25.7 Å². The Morgan fingerprint density at radius 1 is 1.11 bits per heavy atom. The Kier molecular flexibility index (Phi) is 10.0. The first kappa shape index (κ1) is 16.7. The van der Waals surface area contributed by atoms with Crippen molar-refractivity contribution in [3.8, 4) is 0 Å². The molecule has 0 saturated heterocycles. The van der Waals surface area contributed by atoms with Crippen molar-refractivity contribution < 1.29 is 14.3 Å². The lowest BCUT2D eigenvalue weighted by Crippen LogP contribution is -2.29. The second-order valence-electron chi connectivity index (χ2n) is 4.47. The highest BCUT2D eigenvalue weighted by Crippen LogP contribution is 2.03. The highest BCUT2D eigenvalue weighted by molar-refractivity contribution is 5.89. The summed E-state index contributed by atoms with van der Waals surface area (Å²) >= 11 is 0. The van der Waals surface area contributed by atoms with Crippen molar-refractivity contribution in [2.24, 2.45) is 0 Å². The minimum absolute atomic E-state index is 0.221. The quantitative estimate of drug-likeness (QED) is 0.371. The van der Waals surface area contributed by atoms with Gasteiger partial charge in [-0.15, -0.1) is 0 Å². The van der Waals surface area contributed by atoms with Gasteiger partial charge in [-0.3, -0.25) is 4.79 Å². The maximum Gasteiger partial charge on any atom is 0.333 e. The number of carbonyl (C=O) groups is 2. The molecule has 0 heterocycles. The second kappa shape index (κ2) is 10.8. The summed E-state index contributed by atoms with van der Waals surface area (Å²) in [5.74, 6) is -0.775. The third kappa shape index (κ3) is 9.87. The maximum atomic E-state index is 11.3. The van der Waals surface area contributed by atoms with Crippen LogP contribution in [0.15, 0.2) is 12.2 Å². The van der Waals surface area contributed by atoms with Crippen LogP contribution >= 0.6 is 0 Å². The minimum atomic E-state index is -0.523. The van der Waals surface area contributed by atoms with Crippen molar-refractivity contribution in [3.05, 3.63) is 12.2 Å². The number of rotatable bonds is 10. The topological polar surface area (TPSA) is 55.4 Å². The number of hydrogen-bond donors (Lipinski definition) is 1. The number of amides is 1. The molecule has 104 valence electrons. The van der Waals surface area contributed by atoms with E-state index in [1.807, 2.05) is 0 Å². The lowest BCUT2D eigenvalue weighted by atomic mass is 10.1. The third-order valence-electron chi connectivity index (χ3n) is 2.54. The van der Waals surface area contributed by atoms with E-state index in [2.05, 4.69) is 18.8 Å². The first-order valence-corrected chi connectivity index (χ1v) is 6.67. The van der Waals surface area contributed by atoms with Crippen LogP contribution in [0.5, 0.6) is 0 Å². The minimum Gasteiger partial charge on any atom is -0.452 e. The average Bonchev–Trinajstić information content (AvgIpc) is 2.34. The van der Waals surface area contributed by atoms with Crippen molar-refractivity contribution in [2.45, 2.75) is 52.4 Å². The van der Waals surface area contributed by atoms with Gasteiger partial charge < -0.3 is 10.1 Å². The third-order valence-corrected chi connectivity index (χ3v) is 2.54. The molecule has 4 heteroatoms. The highest BCUT2D eigenvalue weighted by Gasteiger charge is 2.06. The molecule has 0 aliphatic carbocycles. The van der Waals surface area contributed by atoms with Crippen molar-refractivity contribution >= 4 is 11.9 Å². The molecule has 0 atom stereocenters. The molecule has 0 aliphatic heterocycles. The van der Waals surface area contributed by atoms with E-state index in [-0.39, 0.29) is 12.5 Å². The van der Waals surface area contributed by atoms with Gasteiger partial charge in [0, 0.05) is 12.1 Å². The lowest BCUT2D eigenvalue weighted by Gasteiger charge is -2.06. The summed E-state index contributed by atoms with van der Waals surface area (Å²) in [6, 6.07) is 0. The molecule has 4 nitrogen and oxygen atoms in total. The van der Waals surface area contributed by atoms with Crippen LogP contribution in [0.1, 0.15) is 52.4 Å². The van der Waals surface area contributed by atoms with Crippen molar-refractivity contribution in [1.82, 2.24) is 5.32 Å². The molecular formula is C14H25NO3. The molecular weight excluding hydrogens is 230 g/mol. The van der Waals surface area contributed by atoms with Gasteiger partial charge in [0.15, 0.2) is 6.61 Å². The molecule has 0 fully saturated rings. The zero-order valence-corrected chi connectivity index (χ0v) is 11.6. The van der Waals surface area contributed by atoms with Crippen LogP contribution in [0, 0.1) is 0 Å². The molecule has 0 saturated carbocycles. The molecule has 18 heavy (non-hydrogen) atoms. The number of hydrogen-bond acceptors (Lipinski definition) is 3. The standard InChI is InChI=1S/C14H25NO3/c1-4-5-6-7-8-9-10-15-13(16)11-18-14(17)12(2)3/h2,4-11H2,1,3H3,(H,15,16). The Bertz CT molecular complexity index is 274. The number of carbonyl (C=O) groups excluding carboxylic acids is 2. The van der Waals surface area contributed by atoms with Crippen LogP contribution in [0.25, 0.3) is 0 Å². The van der Waals surface area contributed by atoms with Crippen LogP contribution in [0.3, 0.4) is 0 Å². The Labute approximate surface area is 110 Å². The van der Waals surface area contributed by atoms with Gasteiger partial charge in [-0.25, -0.2) is 4.79 Å². The summed E-state index contributed by atoms with van der Waals surface area (Å²) in [5, 5.41) is 2.72. The van der Waals surface area contributed by atoms with E-state index in [4.69, 9.17) is 4.74 Å². The Hall–Kier alpha value is -1.32. The van der Waals surface area contributed by atoms with Crippen molar-refractivity contribution in [1.29, 1.82) is 0 Å².